The molecule has 1 aromatic rings. The Balaban J connectivity index is 2.21. The number of rotatable bonds is 4. The molecular weight excluding hydrogens is 224 g/mol. The first-order valence-corrected chi connectivity index (χ1v) is 7.16. The summed E-state index contributed by atoms with van der Waals surface area (Å²) in [5, 5.41) is 0. The zero-order valence-electron chi connectivity index (χ0n) is 11.9. The number of anilines is 1. The number of nitrogens with zero attached hydrogens (tertiary/aromatic N) is 3. The van der Waals surface area contributed by atoms with Crippen LogP contribution in [0.15, 0.2) is 6.20 Å². The molecule has 0 saturated carbocycles. The number of nitrogens with two attached hydrogens (primary N) is 1. The number of hydrogen-bond acceptors (Lipinski definition) is 3. The van der Waals surface area contributed by atoms with Crippen molar-refractivity contribution in [1.82, 2.24) is 9.55 Å². The molecule has 1 atom stereocenters. The fourth-order valence-electron chi connectivity index (χ4n) is 2.60. The predicted molar refractivity (Wildman–Crippen MR) is 75.9 cm³/mol. The van der Waals surface area contributed by atoms with E-state index >= 15 is 0 Å². The molecule has 18 heavy (non-hydrogen) atoms. The van der Waals surface area contributed by atoms with Crippen molar-refractivity contribution in [1.29, 1.82) is 0 Å². The van der Waals surface area contributed by atoms with E-state index in [1.54, 1.807) is 0 Å². The number of aromatic nitrogens is 2. The smallest absolute Gasteiger partial charge is 0.205 e. The minimum Gasteiger partial charge on any atom is -0.341 e. The summed E-state index contributed by atoms with van der Waals surface area (Å²) >= 11 is 0. The van der Waals surface area contributed by atoms with Gasteiger partial charge in [0.2, 0.25) is 5.95 Å². The third kappa shape index (κ3) is 3.05. The fraction of sp³-hybridized carbons (Fsp3) is 0.786. The molecule has 1 aromatic heterocycles. The molecule has 0 bridgehead atoms. The first-order valence-electron chi connectivity index (χ1n) is 7.16. The van der Waals surface area contributed by atoms with Gasteiger partial charge in [0.05, 0.1) is 5.69 Å². The van der Waals surface area contributed by atoms with E-state index in [-0.39, 0.29) is 0 Å². The average Bonchev–Trinajstić information content (AvgIpc) is 2.71. The van der Waals surface area contributed by atoms with Crippen molar-refractivity contribution in [2.45, 2.75) is 52.6 Å². The van der Waals surface area contributed by atoms with Crippen molar-refractivity contribution in [3.05, 3.63) is 11.9 Å². The fourth-order valence-corrected chi connectivity index (χ4v) is 2.60. The number of imidazole rings is 1. The molecule has 4 nitrogen and oxygen atoms in total. The molecule has 2 heterocycles. The highest BCUT2D eigenvalue weighted by Gasteiger charge is 2.21. The van der Waals surface area contributed by atoms with Crippen LogP contribution in [0.4, 0.5) is 5.95 Å². The van der Waals surface area contributed by atoms with Gasteiger partial charge in [0, 0.05) is 31.9 Å². The van der Waals surface area contributed by atoms with Crippen LogP contribution < -0.4 is 10.6 Å². The molecular formula is C14H26N4. The van der Waals surface area contributed by atoms with Gasteiger partial charge in [-0.1, -0.05) is 20.8 Å². The van der Waals surface area contributed by atoms with Gasteiger partial charge in [-0.2, -0.15) is 0 Å². The van der Waals surface area contributed by atoms with E-state index < -0.39 is 0 Å². The highest BCUT2D eigenvalue weighted by Crippen LogP contribution is 2.20. The maximum Gasteiger partial charge on any atom is 0.205 e. The van der Waals surface area contributed by atoms with Gasteiger partial charge in [-0.25, -0.2) is 4.98 Å². The van der Waals surface area contributed by atoms with Gasteiger partial charge in [0.25, 0.3) is 0 Å². The zero-order chi connectivity index (χ0) is 13.1. The van der Waals surface area contributed by atoms with Crippen LogP contribution in [0, 0.1) is 5.92 Å². The summed E-state index contributed by atoms with van der Waals surface area (Å²) in [7, 11) is 0. The van der Waals surface area contributed by atoms with Crippen LogP contribution in [0.5, 0.6) is 0 Å². The van der Waals surface area contributed by atoms with Gasteiger partial charge >= 0.3 is 0 Å². The molecule has 1 fully saturated rings. The maximum absolute atomic E-state index is 6.07. The molecule has 1 saturated heterocycles. The summed E-state index contributed by atoms with van der Waals surface area (Å²) in [6, 6.07) is 0.299. The Morgan fingerprint density at radius 1 is 1.50 bits per heavy atom. The lowest BCUT2D eigenvalue weighted by molar-refractivity contribution is 0.475. The normalized spacial score (nSPS) is 20.7. The van der Waals surface area contributed by atoms with Gasteiger partial charge in [-0.05, 0) is 25.2 Å². The van der Waals surface area contributed by atoms with E-state index in [2.05, 4.69) is 36.4 Å². The Morgan fingerprint density at radius 2 is 2.28 bits per heavy atom. The van der Waals surface area contributed by atoms with E-state index in [9.17, 15) is 0 Å². The van der Waals surface area contributed by atoms with Crippen LogP contribution in [0.1, 0.15) is 39.3 Å². The van der Waals surface area contributed by atoms with Crippen molar-refractivity contribution in [2.75, 3.05) is 18.0 Å². The summed E-state index contributed by atoms with van der Waals surface area (Å²) in [5.41, 5.74) is 7.26. The minimum absolute atomic E-state index is 0.299. The molecule has 1 aliphatic heterocycles. The van der Waals surface area contributed by atoms with E-state index in [0.29, 0.717) is 12.0 Å². The first kappa shape index (κ1) is 13.4. The lowest BCUT2D eigenvalue weighted by Gasteiger charge is -2.32. The number of hydrogen-bond donors (Lipinski definition) is 1. The molecule has 0 spiro atoms. The van der Waals surface area contributed by atoms with Crippen molar-refractivity contribution >= 4 is 5.95 Å². The zero-order valence-corrected chi connectivity index (χ0v) is 11.9. The van der Waals surface area contributed by atoms with E-state index in [4.69, 9.17) is 10.7 Å². The highest BCUT2D eigenvalue weighted by molar-refractivity contribution is 5.35. The quantitative estimate of drug-likeness (QED) is 0.889. The molecule has 0 unspecified atom stereocenters. The third-order valence-corrected chi connectivity index (χ3v) is 3.47. The van der Waals surface area contributed by atoms with Crippen LogP contribution in [0.2, 0.25) is 0 Å². The molecule has 0 aromatic carbocycles. The Labute approximate surface area is 110 Å². The van der Waals surface area contributed by atoms with Gasteiger partial charge in [-0.15, -0.1) is 0 Å². The van der Waals surface area contributed by atoms with Crippen LogP contribution in [0.3, 0.4) is 0 Å². The Bertz CT molecular complexity index is 383. The third-order valence-electron chi connectivity index (χ3n) is 3.47. The van der Waals surface area contributed by atoms with Crippen LogP contribution in [-0.2, 0) is 13.0 Å². The first-order chi connectivity index (χ1) is 8.60. The topological polar surface area (TPSA) is 47.1 Å². The second kappa shape index (κ2) is 5.74. The number of piperidine rings is 1. The summed E-state index contributed by atoms with van der Waals surface area (Å²) in [5.74, 6) is 1.76. The highest BCUT2D eigenvalue weighted by atomic mass is 15.3. The van der Waals surface area contributed by atoms with Gasteiger partial charge in [0.1, 0.15) is 0 Å². The molecule has 0 radical (unpaired) electrons. The Kier molecular flexibility index (Phi) is 4.27. The molecule has 2 rings (SSSR count). The monoisotopic (exact) mass is 250 g/mol. The molecule has 102 valence electrons. The summed E-state index contributed by atoms with van der Waals surface area (Å²) < 4.78 is 2.31. The molecule has 0 amide bonds. The average molecular weight is 250 g/mol. The largest absolute Gasteiger partial charge is 0.341 e. The van der Waals surface area contributed by atoms with E-state index in [1.165, 1.54) is 12.1 Å². The summed E-state index contributed by atoms with van der Waals surface area (Å²) in [6.45, 7) is 9.72. The maximum atomic E-state index is 6.07. The molecule has 1 aliphatic rings. The molecule has 2 N–H and O–H groups in total. The lowest BCUT2D eigenvalue weighted by atomic mass is 10.1. The standard InChI is InChI=1S/C14H26N4/c1-4-13-10-18(8-11(2)3)14(16-13)17-7-5-6-12(15)9-17/h10-12H,4-9,15H2,1-3H3/t12-/m1/s1. The van der Waals surface area contributed by atoms with Crippen LogP contribution in [0.25, 0.3) is 0 Å². The summed E-state index contributed by atoms with van der Waals surface area (Å²) in [4.78, 5) is 7.13. The van der Waals surface area contributed by atoms with Gasteiger partial charge in [-0.3, -0.25) is 0 Å². The van der Waals surface area contributed by atoms with Crippen molar-refractivity contribution in [3.8, 4) is 0 Å². The van der Waals surface area contributed by atoms with Gasteiger partial charge in [0.15, 0.2) is 0 Å². The number of aryl methyl sites for hydroxylation is 1. The Morgan fingerprint density at radius 3 is 2.89 bits per heavy atom. The van der Waals surface area contributed by atoms with Crippen LogP contribution in [-0.4, -0.2) is 28.7 Å². The second-order valence-electron chi connectivity index (χ2n) is 5.78. The Hall–Kier alpha value is -1.03. The summed E-state index contributed by atoms with van der Waals surface area (Å²) in [6.07, 6.45) is 5.52. The van der Waals surface area contributed by atoms with Crippen molar-refractivity contribution in [2.24, 2.45) is 11.7 Å². The molecule has 4 heteroatoms. The van der Waals surface area contributed by atoms with Crippen molar-refractivity contribution in [3.63, 3.8) is 0 Å². The lowest BCUT2D eigenvalue weighted by Crippen LogP contribution is -2.44. The second-order valence-corrected chi connectivity index (χ2v) is 5.78. The molecule has 0 aliphatic carbocycles. The minimum atomic E-state index is 0.299. The van der Waals surface area contributed by atoms with E-state index in [1.807, 2.05) is 0 Å². The van der Waals surface area contributed by atoms with Crippen LogP contribution >= 0.6 is 0 Å². The van der Waals surface area contributed by atoms with Gasteiger partial charge < -0.3 is 15.2 Å². The van der Waals surface area contributed by atoms with Crippen molar-refractivity contribution < 1.29 is 0 Å². The predicted octanol–water partition coefficient (Wildman–Crippen LogP) is 2.03. The SMILES string of the molecule is CCc1cn(CC(C)C)c(N2CCC[C@@H](N)C2)n1. The van der Waals surface area contributed by atoms with E-state index in [0.717, 1.165) is 38.4 Å².